The largest absolute Gasteiger partial charge is 0.508 e. The van der Waals surface area contributed by atoms with Crippen LogP contribution in [0.4, 0.5) is 8.78 Å². The van der Waals surface area contributed by atoms with Crippen molar-refractivity contribution >= 4 is 15.9 Å². The van der Waals surface area contributed by atoms with Crippen molar-refractivity contribution in [3.63, 3.8) is 0 Å². The van der Waals surface area contributed by atoms with E-state index in [9.17, 15) is 13.9 Å². The fraction of sp³-hybridized carbons (Fsp3) is 0.143. The van der Waals surface area contributed by atoms with E-state index in [0.29, 0.717) is 12.1 Å². The molecule has 0 aliphatic rings. The molecule has 0 heterocycles. The predicted octanol–water partition coefficient (Wildman–Crippen LogP) is 3.72. The van der Waals surface area contributed by atoms with E-state index >= 15 is 0 Å². The zero-order chi connectivity index (χ0) is 13.8. The van der Waals surface area contributed by atoms with Gasteiger partial charge in [0, 0.05) is 24.2 Å². The Labute approximate surface area is 118 Å². The van der Waals surface area contributed by atoms with E-state index in [1.54, 1.807) is 24.3 Å². The first-order valence-corrected chi connectivity index (χ1v) is 6.49. The molecule has 0 saturated heterocycles. The van der Waals surface area contributed by atoms with Crippen molar-refractivity contribution in [2.75, 3.05) is 0 Å². The summed E-state index contributed by atoms with van der Waals surface area (Å²) in [6.07, 6.45) is 0. The molecule has 5 heteroatoms. The average Bonchev–Trinajstić information content (AvgIpc) is 2.40. The lowest BCUT2D eigenvalue weighted by Crippen LogP contribution is -2.15. The van der Waals surface area contributed by atoms with Gasteiger partial charge in [0.05, 0.1) is 4.47 Å². The Morgan fingerprint density at radius 1 is 1.05 bits per heavy atom. The van der Waals surface area contributed by atoms with Gasteiger partial charge in [0.25, 0.3) is 0 Å². The Hall–Kier alpha value is -1.46. The van der Waals surface area contributed by atoms with E-state index in [4.69, 9.17) is 0 Å². The van der Waals surface area contributed by atoms with Crippen molar-refractivity contribution in [3.05, 3.63) is 63.6 Å². The van der Waals surface area contributed by atoms with Crippen molar-refractivity contribution in [1.29, 1.82) is 0 Å². The van der Waals surface area contributed by atoms with Crippen molar-refractivity contribution < 1.29 is 13.9 Å². The fourth-order valence-electron chi connectivity index (χ4n) is 1.71. The molecule has 0 aromatic heterocycles. The standard InChI is InChI=1S/C14H12BrF2NO/c15-11-5-6-12(16)10(14(11)17)8-18-7-9-3-1-2-4-13(9)19/h1-6,18-19H,7-8H2. The number of benzene rings is 2. The maximum atomic E-state index is 13.7. The van der Waals surface area contributed by atoms with Gasteiger partial charge in [-0.15, -0.1) is 0 Å². The third-order valence-corrected chi connectivity index (χ3v) is 3.36. The molecular weight excluding hydrogens is 316 g/mol. The summed E-state index contributed by atoms with van der Waals surface area (Å²) >= 11 is 3.02. The molecule has 0 aliphatic carbocycles. The van der Waals surface area contributed by atoms with Crippen LogP contribution in [0, 0.1) is 11.6 Å². The lowest BCUT2D eigenvalue weighted by Gasteiger charge is -2.09. The van der Waals surface area contributed by atoms with Crippen LogP contribution in [-0.2, 0) is 13.1 Å². The van der Waals surface area contributed by atoms with Gasteiger partial charge in [-0.3, -0.25) is 0 Å². The summed E-state index contributed by atoms with van der Waals surface area (Å²) < 4.78 is 27.4. The van der Waals surface area contributed by atoms with Crippen LogP contribution in [-0.4, -0.2) is 5.11 Å². The minimum atomic E-state index is -0.607. The lowest BCUT2D eigenvalue weighted by atomic mass is 10.1. The number of para-hydroxylation sites is 1. The van der Waals surface area contributed by atoms with Crippen LogP contribution in [0.5, 0.6) is 5.75 Å². The van der Waals surface area contributed by atoms with Gasteiger partial charge >= 0.3 is 0 Å². The first kappa shape index (κ1) is 14.0. The number of hydrogen-bond donors (Lipinski definition) is 2. The lowest BCUT2D eigenvalue weighted by molar-refractivity contribution is 0.463. The number of phenols is 1. The van der Waals surface area contributed by atoms with Gasteiger partial charge in [0.2, 0.25) is 0 Å². The number of hydrogen-bond acceptors (Lipinski definition) is 2. The second-order valence-corrected chi connectivity index (χ2v) is 4.91. The minimum Gasteiger partial charge on any atom is -0.508 e. The predicted molar refractivity (Wildman–Crippen MR) is 72.7 cm³/mol. The molecule has 0 amide bonds. The van der Waals surface area contributed by atoms with Gasteiger partial charge in [0.15, 0.2) is 0 Å². The van der Waals surface area contributed by atoms with Gasteiger partial charge in [-0.2, -0.15) is 0 Å². The van der Waals surface area contributed by atoms with Gasteiger partial charge in [-0.1, -0.05) is 18.2 Å². The van der Waals surface area contributed by atoms with Gasteiger partial charge < -0.3 is 10.4 Å². The second-order valence-electron chi connectivity index (χ2n) is 4.05. The average molecular weight is 328 g/mol. The Bertz CT molecular complexity index is 590. The number of nitrogens with one attached hydrogen (secondary N) is 1. The van der Waals surface area contributed by atoms with Crippen LogP contribution >= 0.6 is 15.9 Å². The Morgan fingerprint density at radius 2 is 1.79 bits per heavy atom. The first-order chi connectivity index (χ1) is 9.09. The highest BCUT2D eigenvalue weighted by Gasteiger charge is 2.11. The Balaban J connectivity index is 2.04. The smallest absolute Gasteiger partial charge is 0.144 e. The summed E-state index contributed by atoms with van der Waals surface area (Å²) in [5.74, 6) is -1.04. The molecule has 0 bridgehead atoms. The summed E-state index contributed by atoms with van der Waals surface area (Å²) in [6.45, 7) is 0.378. The summed E-state index contributed by atoms with van der Waals surface area (Å²) in [6, 6.07) is 9.36. The zero-order valence-corrected chi connectivity index (χ0v) is 11.5. The molecule has 100 valence electrons. The minimum absolute atomic E-state index is 0.0233. The van der Waals surface area contributed by atoms with E-state index < -0.39 is 11.6 Å². The number of phenolic OH excluding ortho intramolecular Hbond substituents is 1. The molecule has 2 N–H and O–H groups in total. The zero-order valence-electron chi connectivity index (χ0n) is 9.96. The van der Waals surface area contributed by atoms with Crippen LogP contribution in [0.25, 0.3) is 0 Å². The molecule has 2 rings (SSSR count). The molecule has 0 aliphatic heterocycles. The summed E-state index contributed by atoms with van der Waals surface area (Å²) in [4.78, 5) is 0. The molecule has 0 saturated carbocycles. The third kappa shape index (κ3) is 3.30. The van der Waals surface area contributed by atoms with E-state index in [1.165, 1.54) is 12.1 Å². The van der Waals surface area contributed by atoms with Crippen LogP contribution in [0.2, 0.25) is 0 Å². The van der Waals surface area contributed by atoms with Crippen LogP contribution in [0.1, 0.15) is 11.1 Å². The molecule has 0 fully saturated rings. The second kappa shape index (κ2) is 6.12. The quantitative estimate of drug-likeness (QED) is 0.839. The Kier molecular flexibility index (Phi) is 4.50. The highest BCUT2D eigenvalue weighted by Crippen LogP contribution is 2.22. The topological polar surface area (TPSA) is 32.3 Å². The normalized spacial score (nSPS) is 10.7. The molecule has 19 heavy (non-hydrogen) atoms. The monoisotopic (exact) mass is 327 g/mol. The van der Waals surface area contributed by atoms with Crippen molar-refractivity contribution in [1.82, 2.24) is 5.32 Å². The Morgan fingerprint density at radius 3 is 2.53 bits per heavy atom. The van der Waals surface area contributed by atoms with E-state index in [-0.39, 0.29) is 22.3 Å². The van der Waals surface area contributed by atoms with E-state index in [2.05, 4.69) is 21.2 Å². The van der Waals surface area contributed by atoms with Gasteiger partial charge in [0.1, 0.15) is 17.4 Å². The van der Waals surface area contributed by atoms with Crippen molar-refractivity contribution in [2.45, 2.75) is 13.1 Å². The van der Waals surface area contributed by atoms with Crippen molar-refractivity contribution in [3.8, 4) is 5.75 Å². The number of rotatable bonds is 4. The molecule has 2 aromatic carbocycles. The van der Waals surface area contributed by atoms with Crippen molar-refractivity contribution in [2.24, 2.45) is 0 Å². The van der Waals surface area contributed by atoms with E-state index in [0.717, 1.165) is 0 Å². The highest BCUT2D eigenvalue weighted by molar-refractivity contribution is 9.10. The maximum Gasteiger partial charge on any atom is 0.144 e. The molecule has 0 unspecified atom stereocenters. The summed E-state index contributed by atoms with van der Waals surface area (Å²) in [7, 11) is 0. The maximum absolute atomic E-state index is 13.7. The van der Waals surface area contributed by atoms with E-state index in [1.807, 2.05) is 0 Å². The van der Waals surface area contributed by atoms with Crippen LogP contribution in [0.3, 0.4) is 0 Å². The summed E-state index contributed by atoms with van der Waals surface area (Å²) in [5, 5.41) is 12.5. The van der Waals surface area contributed by atoms with Crippen LogP contribution in [0.15, 0.2) is 40.9 Å². The molecule has 2 aromatic rings. The molecule has 2 nitrogen and oxygen atoms in total. The van der Waals surface area contributed by atoms with Gasteiger partial charge in [-0.25, -0.2) is 8.78 Å². The third-order valence-electron chi connectivity index (χ3n) is 2.75. The number of halogens is 3. The summed E-state index contributed by atoms with van der Waals surface area (Å²) in [5.41, 5.74) is 0.656. The molecule has 0 radical (unpaired) electrons. The fourth-order valence-corrected chi connectivity index (χ4v) is 2.09. The van der Waals surface area contributed by atoms with Gasteiger partial charge in [-0.05, 0) is 34.1 Å². The highest BCUT2D eigenvalue weighted by atomic mass is 79.9. The molecule has 0 spiro atoms. The number of aromatic hydroxyl groups is 1. The SMILES string of the molecule is Oc1ccccc1CNCc1c(F)ccc(Br)c1F. The molecular formula is C14H12BrF2NO. The van der Waals surface area contributed by atoms with Crippen LogP contribution < -0.4 is 5.32 Å². The first-order valence-electron chi connectivity index (χ1n) is 5.69. The molecule has 0 atom stereocenters.